The van der Waals surface area contributed by atoms with Crippen LogP contribution in [0.25, 0.3) is 11.0 Å². The molecule has 1 N–H and O–H groups in total. The number of nitrogens with zero attached hydrogens (tertiary/aromatic N) is 2. The Morgan fingerprint density at radius 2 is 1.86 bits per heavy atom. The van der Waals surface area contributed by atoms with Crippen LogP contribution in [0.3, 0.4) is 0 Å². The number of hydrogen-bond donors (Lipinski definition) is 1. The second-order valence-electron chi connectivity index (χ2n) is 4.27. The third-order valence-corrected chi connectivity index (χ3v) is 3.83. The highest BCUT2D eigenvalue weighted by molar-refractivity contribution is 7.98. The molecule has 0 saturated heterocycles. The Labute approximate surface area is 131 Å². The van der Waals surface area contributed by atoms with E-state index in [1.807, 2.05) is 24.3 Å². The van der Waals surface area contributed by atoms with Crippen LogP contribution in [0, 0.1) is 10.1 Å². The van der Waals surface area contributed by atoms with Gasteiger partial charge in [-0.1, -0.05) is 36.0 Å². The molecule has 0 bridgehead atoms. The number of halogens is 1. The molecule has 2 aromatic carbocycles. The maximum Gasteiger partial charge on any atom is 0.269 e. The fourth-order valence-electron chi connectivity index (χ4n) is 1.86. The molecule has 0 saturated carbocycles. The molecule has 3 aromatic rings. The number of non-ortho nitro benzene ring substituents is 1. The first kappa shape index (κ1) is 15.3. The highest BCUT2D eigenvalue weighted by Crippen LogP contribution is 2.23. The van der Waals surface area contributed by atoms with Crippen LogP contribution in [0.15, 0.2) is 53.7 Å². The third-order valence-electron chi connectivity index (χ3n) is 2.89. The second-order valence-corrected chi connectivity index (χ2v) is 5.24. The number of aromatic amines is 1. The number of imidazole rings is 1. The van der Waals surface area contributed by atoms with Crippen LogP contribution in [-0.2, 0) is 5.75 Å². The average Bonchev–Trinajstić information content (AvgIpc) is 2.88. The number of benzene rings is 2. The largest absolute Gasteiger partial charge is 0.333 e. The molecular formula is C14H12ClN3O2S. The number of thioether (sulfide) groups is 1. The predicted molar refractivity (Wildman–Crippen MR) is 86.0 cm³/mol. The maximum atomic E-state index is 10.6. The maximum absolute atomic E-state index is 10.6. The number of nitrogens with one attached hydrogen (secondary N) is 1. The molecule has 0 radical (unpaired) electrons. The normalized spacial score (nSPS) is 10.3. The molecule has 108 valence electrons. The Bertz CT molecular complexity index is 725. The van der Waals surface area contributed by atoms with Crippen LogP contribution in [0.5, 0.6) is 0 Å². The minimum atomic E-state index is -0.393. The van der Waals surface area contributed by atoms with Crippen molar-refractivity contribution in [1.82, 2.24) is 9.97 Å². The summed E-state index contributed by atoms with van der Waals surface area (Å²) in [6.45, 7) is 0. The molecule has 0 aliphatic rings. The first-order chi connectivity index (χ1) is 9.72. The minimum Gasteiger partial charge on any atom is -0.333 e. The third kappa shape index (κ3) is 3.53. The van der Waals surface area contributed by atoms with E-state index < -0.39 is 4.92 Å². The molecule has 0 spiro atoms. The Balaban J connectivity index is 0.00000161. The van der Waals surface area contributed by atoms with Gasteiger partial charge in [0, 0.05) is 17.9 Å². The number of hydrogen-bond acceptors (Lipinski definition) is 4. The van der Waals surface area contributed by atoms with Crippen molar-refractivity contribution in [2.75, 3.05) is 0 Å². The summed E-state index contributed by atoms with van der Waals surface area (Å²) in [6.07, 6.45) is 0. The lowest BCUT2D eigenvalue weighted by Crippen LogP contribution is -1.88. The standard InChI is InChI=1S/C14H11N3O2S.ClH/c18-17(19)11-7-5-10(6-8-11)9-20-14-15-12-3-1-2-4-13(12)16-14;/h1-8H,9H2,(H,15,16);1H. The summed E-state index contributed by atoms with van der Waals surface area (Å²) in [4.78, 5) is 17.9. The van der Waals surface area contributed by atoms with E-state index in [4.69, 9.17) is 0 Å². The molecule has 0 aliphatic carbocycles. The van der Waals surface area contributed by atoms with E-state index in [0.717, 1.165) is 27.5 Å². The monoisotopic (exact) mass is 321 g/mol. The number of nitro benzene ring substituents is 1. The van der Waals surface area contributed by atoms with E-state index in [9.17, 15) is 10.1 Å². The number of aromatic nitrogens is 2. The summed E-state index contributed by atoms with van der Waals surface area (Å²) in [5.74, 6) is 0.720. The van der Waals surface area contributed by atoms with E-state index in [2.05, 4.69) is 9.97 Å². The lowest BCUT2D eigenvalue weighted by atomic mass is 10.2. The summed E-state index contributed by atoms with van der Waals surface area (Å²) < 4.78 is 0. The van der Waals surface area contributed by atoms with Gasteiger partial charge in [-0.25, -0.2) is 4.98 Å². The summed E-state index contributed by atoms with van der Waals surface area (Å²) in [5.41, 5.74) is 3.10. The molecule has 5 nitrogen and oxygen atoms in total. The van der Waals surface area contributed by atoms with Crippen molar-refractivity contribution in [3.05, 3.63) is 64.2 Å². The van der Waals surface area contributed by atoms with Crippen molar-refractivity contribution >= 4 is 40.9 Å². The number of para-hydroxylation sites is 2. The SMILES string of the molecule is Cl.O=[N+]([O-])c1ccc(CSc2nc3ccccc3[nH]2)cc1. The van der Waals surface area contributed by atoms with Crippen molar-refractivity contribution in [3.8, 4) is 0 Å². The van der Waals surface area contributed by atoms with Gasteiger partial charge in [0.25, 0.3) is 5.69 Å². The fraction of sp³-hybridized carbons (Fsp3) is 0.0714. The van der Waals surface area contributed by atoms with Gasteiger partial charge in [-0.15, -0.1) is 12.4 Å². The zero-order valence-corrected chi connectivity index (χ0v) is 12.5. The van der Waals surface area contributed by atoms with Gasteiger partial charge < -0.3 is 4.98 Å². The molecule has 0 amide bonds. The van der Waals surface area contributed by atoms with Gasteiger partial charge in [0.05, 0.1) is 16.0 Å². The summed E-state index contributed by atoms with van der Waals surface area (Å²) in [5, 5.41) is 11.4. The van der Waals surface area contributed by atoms with Crippen LogP contribution < -0.4 is 0 Å². The lowest BCUT2D eigenvalue weighted by molar-refractivity contribution is -0.384. The average molecular weight is 322 g/mol. The van der Waals surface area contributed by atoms with Crippen LogP contribution in [0.2, 0.25) is 0 Å². The summed E-state index contributed by atoms with van der Waals surface area (Å²) in [6, 6.07) is 14.4. The van der Waals surface area contributed by atoms with Gasteiger partial charge in [0.2, 0.25) is 0 Å². The van der Waals surface area contributed by atoms with Crippen molar-refractivity contribution in [2.45, 2.75) is 10.9 Å². The zero-order chi connectivity index (χ0) is 13.9. The predicted octanol–water partition coefficient (Wildman–Crippen LogP) is 4.19. The summed E-state index contributed by atoms with van der Waals surface area (Å²) in [7, 11) is 0. The van der Waals surface area contributed by atoms with Crippen LogP contribution in [-0.4, -0.2) is 14.9 Å². The fourth-order valence-corrected chi connectivity index (χ4v) is 2.70. The van der Waals surface area contributed by atoms with Crippen molar-refractivity contribution in [1.29, 1.82) is 0 Å². The first-order valence-corrected chi connectivity index (χ1v) is 7.02. The first-order valence-electron chi connectivity index (χ1n) is 6.03. The Morgan fingerprint density at radius 3 is 2.52 bits per heavy atom. The zero-order valence-electron chi connectivity index (χ0n) is 10.9. The van der Waals surface area contributed by atoms with E-state index in [1.165, 1.54) is 12.1 Å². The van der Waals surface area contributed by atoms with Crippen LogP contribution in [0.4, 0.5) is 5.69 Å². The molecule has 7 heteroatoms. The minimum absolute atomic E-state index is 0. The van der Waals surface area contributed by atoms with Gasteiger partial charge in [0.1, 0.15) is 0 Å². The van der Waals surface area contributed by atoms with E-state index >= 15 is 0 Å². The number of H-pyrrole nitrogens is 1. The molecule has 21 heavy (non-hydrogen) atoms. The lowest BCUT2D eigenvalue weighted by Gasteiger charge is -1.98. The highest BCUT2D eigenvalue weighted by Gasteiger charge is 2.06. The quantitative estimate of drug-likeness (QED) is 0.444. The highest BCUT2D eigenvalue weighted by atomic mass is 35.5. The van der Waals surface area contributed by atoms with Gasteiger partial charge in [0.15, 0.2) is 5.16 Å². The molecule has 1 aromatic heterocycles. The van der Waals surface area contributed by atoms with Crippen molar-refractivity contribution < 1.29 is 4.92 Å². The van der Waals surface area contributed by atoms with Crippen LogP contribution >= 0.6 is 24.2 Å². The number of rotatable bonds is 4. The van der Waals surface area contributed by atoms with Crippen LogP contribution in [0.1, 0.15) is 5.56 Å². The molecule has 0 fully saturated rings. The Hall–Kier alpha value is -2.05. The van der Waals surface area contributed by atoms with Crippen molar-refractivity contribution in [2.24, 2.45) is 0 Å². The second kappa shape index (κ2) is 6.60. The molecule has 0 unspecified atom stereocenters. The molecule has 3 rings (SSSR count). The van der Waals surface area contributed by atoms with Gasteiger partial charge in [-0.2, -0.15) is 0 Å². The van der Waals surface area contributed by atoms with Gasteiger partial charge in [-0.05, 0) is 17.7 Å². The number of fused-ring (bicyclic) bond motifs is 1. The van der Waals surface area contributed by atoms with Gasteiger partial charge >= 0.3 is 0 Å². The van der Waals surface area contributed by atoms with E-state index in [1.54, 1.807) is 23.9 Å². The Kier molecular flexibility index (Phi) is 4.82. The van der Waals surface area contributed by atoms with E-state index in [-0.39, 0.29) is 18.1 Å². The smallest absolute Gasteiger partial charge is 0.269 e. The molecular weight excluding hydrogens is 310 g/mol. The van der Waals surface area contributed by atoms with Crippen molar-refractivity contribution in [3.63, 3.8) is 0 Å². The topological polar surface area (TPSA) is 71.8 Å². The number of nitro groups is 1. The summed E-state index contributed by atoms with van der Waals surface area (Å²) >= 11 is 1.58. The Morgan fingerprint density at radius 1 is 1.14 bits per heavy atom. The molecule has 0 atom stereocenters. The molecule has 0 aliphatic heterocycles. The van der Waals surface area contributed by atoms with Gasteiger partial charge in [-0.3, -0.25) is 10.1 Å². The molecule has 1 heterocycles. The van der Waals surface area contributed by atoms with E-state index in [0.29, 0.717) is 0 Å².